The van der Waals surface area contributed by atoms with Crippen molar-refractivity contribution in [2.24, 2.45) is 0 Å². The Hall–Kier alpha value is -4.64. The standard InChI is InChI=1S/C28H24F4N6O/c1-38(2)16-17-9-10-19(24(33)13-17)26(36-18-7-4-3-5-8-18)37-27(39)21-14-20(25-34-11-6-12-35-25)22(15-23(21)29)28(30,31)32/h3-15,33,36H,16H2,1-2H3,(H,37,39)/b26-19+,33-24?. The molecule has 1 aromatic heterocycles. The van der Waals surface area contributed by atoms with Crippen molar-refractivity contribution in [3.8, 4) is 11.4 Å². The molecule has 0 radical (unpaired) electrons. The number of aromatic nitrogens is 2. The van der Waals surface area contributed by atoms with Crippen molar-refractivity contribution in [2.45, 2.75) is 6.18 Å². The zero-order valence-electron chi connectivity index (χ0n) is 21.0. The van der Waals surface area contributed by atoms with Crippen LogP contribution in [0.3, 0.4) is 0 Å². The van der Waals surface area contributed by atoms with Crippen LogP contribution < -0.4 is 10.6 Å². The van der Waals surface area contributed by atoms with Gasteiger partial charge in [0, 0.05) is 35.8 Å². The number of para-hydroxylation sites is 1. The third kappa shape index (κ3) is 6.63. The molecule has 3 N–H and O–H groups in total. The molecule has 0 bridgehead atoms. The van der Waals surface area contributed by atoms with E-state index in [1.807, 2.05) is 19.0 Å². The number of nitrogens with zero attached hydrogens (tertiary/aromatic N) is 3. The molecule has 1 aliphatic rings. The first-order valence-corrected chi connectivity index (χ1v) is 11.7. The molecule has 0 saturated carbocycles. The monoisotopic (exact) mass is 536 g/mol. The van der Waals surface area contributed by atoms with Gasteiger partial charge < -0.3 is 20.9 Å². The quantitative estimate of drug-likeness (QED) is 0.350. The van der Waals surface area contributed by atoms with Gasteiger partial charge in [-0.1, -0.05) is 24.3 Å². The Kier molecular flexibility index (Phi) is 8.01. The maximum atomic E-state index is 15.0. The smallest absolute Gasteiger partial charge is 0.341 e. The number of carbonyl (C=O) groups is 1. The molecule has 0 atom stereocenters. The van der Waals surface area contributed by atoms with Crippen LogP contribution in [0.5, 0.6) is 0 Å². The predicted octanol–water partition coefficient (Wildman–Crippen LogP) is 5.43. The number of halogens is 4. The summed E-state index contributed by atoms with van der Waals surface area (Å²) in [5, 5.41) is 14.1. The Morgan fingerprint density at radius 3 is 2.33 bits per heavy atom. The first-order valence-electron chi connectivity index (χ1n) is 11.7. The highest BCUT2D eigenvalue weighted by Crippen LogP contribution is 2.37. The largest absolute Gasteiger partial charge is 0.417 e. The molecular weight excluding hydrogens is 512 g/mol. The predicted molar refractivity (Wildman–Crippen MR) is 140 cm³/mol. The number of amides is 1. The lowest BCUT2D eigenvalue weighted by atomic mass is 9.99. The van der Waals surface area contributed by atoms with Gasteiger partial charge in [-0.25, -0.2) is 14.4 Å². The Labute approximate surface area is 222 Å². The first kappa shape index (κ1) is 27.4. The fourth-order valence-corrected chi connectivity index (χ4v) is 3.89. The van der Waals surface area contributed by atoms with Gasteiger partial charge in [0.2, 0.25) is 0 Å². The number of allylic oxidation sites excluding steroid dienone is 3. The number of rotatable bonds is 7. The minimum atomic E-state index is -4.91. The highest BCUT2D eigenvalue weighted by Gasteiger charge is 2.36. The van der Waals surface area contributed by atoms with Gasteiger partial charge in [0.1, 0.15) is 11.6 Å². The van der Waals surface area contributed by atoms with Crippen LogP contribution in [0.25, 0.3) is 11.4 Å². The van der Waals surface area contributed by atoms with Crippen molar-refractivity contribution in [2.75, 3.05) is 26.0 Å². The van der Waals surface area contributed by atoms with Crippen LogP contribution in [-0.2, 0) is 6.18 Å². The van der Waals surface area contributed by atoms with Crippen molar-refractivity contribution < 1.29 is 22.4 Å². The Morgan fingerprint density at radius 2 is 1.72 bits per heavy atom. The summed E-state index contributed by atoms with van der Waals surface area (Å²) in [6.45, 7) is 0.584. The number of nitrogens with one attached hydrogen (secondary N) is 3. The van der Waals surface area contributed by atoms with E-state index in [0.717, 1.165) is 11.6 Å². The van der Waals surface area contributed by atoms with Crippen LogP contribution in [0.2, 0.25) is 0 Å². The summed E-state index contributed by atoms with van der Waals surface area (Å²) in [6.07, 6.45) is 2.64. The molecule has 1 amide bonds. The average Bonchev–Trinajstić information content (AvgIpc) is 2.88. The van der Waals surface area contributed by atoms with Gasteiger partial charge in [-0.3, -0.25) is 4.79 Å². The summed E-state index contributed by atoms with van der Waals surface area (Å²) in [7, 11) is 3.78. The maximum absolute atomic E-state index is 15.0. The minimum absolute atomic E-state index is 0.0596. The lowest BCUT2D eigenvalue weighted by molar-refractivity contribution is -0.137. The van der Waals surface area contributed by atoms with Crippen molar-refractivity contribution in [1.29, 1.82) is 5.41 Å². The average molecular weight is 537 g/mol. The lowest BCUT2D eigenvalue weighted by Gasteiger charge is -2.20. The normalized spacial score (nSPS) is 14.7. The van der Waals surface area contributed by atoms with E-state index in [1.54, 1.807) is 48.6 Å². The molecule has 200 valence electrons. The molecular formula is C28H24F4N6O. The SMILES string of the molecule is CN(C)CC1=CC(=N)/C(=C(/NC(=O)c2cc(-c3ncccn3)c(C(F)(F)F)cc2F)Nc2ccccc2)C=C1. The number of hydrogen-bond donors (Lipinski definition) is 3. The fourth-order valence-electron chi connectivity index (χ4n) is 3.89. The van der Waals surface area contributed by atoms with Gasteiger partial charge in [0.25, 0.3) is 5.91 Å². The molecule has 1 aliphatic carbocycles. The van der Waals surface area contributed by atoms with Crippen molar-refractivity contribution in [3.05, 3.63) is 113 Å². The molecule has 0 unspecified atom stereocenters. The van der Waals surface area contributed by atoms with Crippen LogP contribution in [0, 0.1) is 11.2 Å². The fraction of sp³-hybridized carbons (Fsp3) is 0.143. The molecule has 39 heavy (non-hydrogen) atoms. The van der Waals surface area contributed by atoms with E-state index in [9.17, 15) is 22.4 Å². The van der Waals surface area contributed by atoms with Crippen LogP contribution in [0.15, 0.2) is 96.1 Å². The van der Waals surface area contributed by atoms with Gasteiger partial charge in [0.05, 0.1) is 16.8 Å². The van der Waals surface area contributed by atoms with Crippen molar-refractivity contribution in [3.63, 3.8) is 0 Å². The van der Waals surface area contributed by atoms with Crippen molar-refractivity contribution in [1.82, 2.24) is 20.2 Å². The molecule has 7 nitrogen and oxygen atoms in total. The maximum Gasteiger partial charge on any atom is 0.417 e. The first-order chi connectivity index (χ1) is 18.5. The molecule has 0 fully saturated rings. The van der Waals surface area contributed by atoms with E-state index in [2.05, 4.69) is 20.6 Å². The lowest BCUT2D eigenvalue weighted by Crippen LogP contribution is -2.31. The van der Waals surface area contributed by atoms with Crippen LogP contribution in [0.4, 0.5) is 23.2 Å². The zero-order valence-corrected chi connectivity index (χ0v) is 21.0. The highest BCUT2D eigenvalue weighted by atomic mass is 19.4. The second kappa shape index (κ2) is 11.4. The van der Waals surface area contributed by atoms with Gasteiger partial charge in [-0.15, -0.1) is 0 Å². The number of alkyl halides is 3. The van der Waals surface area contributed by atoms with Gasteiger partial charge in [0.15, 0.2) is 5.82 Å². The van der Waals surface area contributed by atoms with E-state index in [-0.39, 0.29) is 23.4 Å². The topological polar surface area (TPSA) is 94.0 Å². The number of likely N-dealkylation sites (N-methyl/N-ethyl adjacent to an activating group) is 1. The number of benzene rings is 2. The zero-order chi connectivity index (χ0) is 28.2. The molecule has 2 aromatic carbocycles. The second-order valence-electron chi connectivity index (χ2n) is 8.89. The summed E-state index contributed by atoms with van der Waals surface area (Å²) >= 11 is 0. The molecule has 0 spiro atoms. The molecule has 0 saturated heterocycles. The Bertz CT molecular complexity index is 1480. The molecule has 0 aliphatic heterocycles. The van der Waals surface area contributed by atoms with Gasteiger partial charge in [-0.2, -0.15) is 13.2 Å². The molecule has 4 rings (SSSR count). The Morgan fingerprint density at radius 1 is 1.03 bits per heavy atom. The summed E-state index contributed by atoms with van der Waals surface area (Å²) in [4.78, 5) is 22.9. The minimum Gasteiger partial charge on any atom is -0.341 e. The second-order valence-corrected chi connectivity index (χ2v) is 8.89. The van der Waals surface area contributed by atoms with Crippen LogP contribution >= 0.6 is 0 Å². The summed E-state index contributed by atoms with van der Waals surface area (Å²) in [5.74, 6) is -2.64. The van der Waals surface area contributed by atoms with E-state index in [0.29, 0.717) is 17.8 Å². The number of hydrogen-bond acceptors (Lipinski definition) is 6. The van der Waals surface area contributed by atoms with Gasteiger partial charge >= 0.3 is 6.18 Å². The molecule has 3 aromatic rings. The summed E-state index contributed by atoms with van der Waals surface area (Å²) in [6, 6.07) is 11.2. The number of anilines is 1. The van der Waals surface area contributed by atoms with E-state index >= 15 is 0 Å². The van der Waals surface area contributed by atoms with Gasteiger partial charge in [-0.05, 0) is 62.2 Å². The van der Waals surface area contributed by atoms with Crippen LogP contribution in [0.1, 0.15) is 15.9 Å². The Balaban J connectivity index is 1.75. The summed E-state index contributed by atoms with van der Waals surface area (Å²) < 4.78 is 56.1. The third-order valence-corrected chi connectivity index (χ3v) is 5.60. The van der Waals surface area contributed by atoms with E-state index in [4.69, 9.17) is 5.41 Å². The molecule has 1 heterocycles. The third-order valence-electron chi connectivity index (χ3n) is 5.60. The number of carbonyl (C=O) groups excluding carboxylic acids is 1. The molecule has 11 heteroatoms. The summed E-state index contributed by atoms with van der Waals surface area (Å²) in [5.41, 5.74) is -0.682. The van der Waals surface area contributed by atoms with E-state index in [1.165, 1.54) is 18.5 Å². The van der Waals surface area contributed by atoms with E-state index < -0.39 is 34.6 Å². The highest BCUT2D eigenvalue weighted by molar-refractivity contribution is 6.11. The van der Waals surface area contributed by atoms with Crippen molar-refractivity contribution >= 4 is 17.3 Å². The van der Waals surface area contributed by atoms with Crippen LogP contribution in [-0.4, -0.2) is 47.1 Å².